The maximum Gasteiger partial charge on any atom is 0.298 e. The molecule has 1 fully saturated rings. The highest BCUT2D eigenvalue weighted by molar-refractivity contribution is 7.14. The number of hydrogen-bond acceptors (Lipinski definition) is 4. The minimum atomic E-state index is -0.634. The van der Waals surface area contributed by atoms with Crippen molar-refractivity contribution in [3.8, 4) is 0 Å². The van der Waals surface area contributed by atoms with Crippen LogP contribution < -0.4 is 5.32 Å². The molecule has 20 heavy (non-hydrogen) atoms. The molecule has 0 atom stereocenters. The summed E-state index contributed by atoms with van der Waals surface area (Å²) < 4.78 is 0. The van der Waals surface area contributed by atoms with E-state index >= 15 is 0 Å². The SMILES string of the molecule is Cc1ccc(C(=O)C(=O)Nc2nc(C3CC3)cs2)cc1. The number of nitrogens with one attached hydrogen (secondary N) is 1. The minimum absolute atomic E-state index is 0.395. The molecule has 0 aliphatic heterocycles. The number of aromatic nitrogens is 1. The minimum Gasteiger partial charge on any atom is -0.295 e. The van der Waals surface area contributed by atoms with E-state index in [9.17, 15) is 9.59 Å². The van der Waals surface area contributed by atoms with E-state index in [2.05, 4.69) is 10.3 Å². The van der Waals surface area contributed by atoms with Crippen LogP contribution in [0.15, 0.2) is 29.6 Å². The Balaban J connectivity index is 1.68. The van der Waals surface area contributed by atoms with Crippen LogP contribution in [0, 0.1) is 6.92 Å². The van der Waals surface area contributed by atoms with E-state index < -0.39 is 11.7 Å². The summed E-state index contributed by atoms with van der Waals surface area (Å²) in [5.41, 5.74) is 2.47. The number of anilines is 1. The third kappa shape index (κ3) is 2.77. The molecule has 3 rings (SSSR count). The Hall–Kier alpha value is -2.01. The smallest absolute Gasteiger partial charge is 0.295 e. The van der Waals surface area contributed by atoms with Gasteiger partial charge in [-0.1, -0.05) is 29.8 Å². The van der Waals surface area contributed by atoms with Crippen molar-refractivity contribution in [2.45, 2.75) is 25.7 Å². The van der Waals surface area contributed by atoms with Gasteiger partial charge in [0.15, 0.2) is 5.13 Å². The van der Waals surface area contributed by atoms with Gasteiger partial charge in [-0.25, -0.2) is 4.98 Å². The van der Waals surface area contributed by atoms with E-state index in [1.165, 1.54) is 24.2 Å². The van der Waals surface area contributed by atoms with Crippen molar-refractivity contribution in [1.82, 2.24) is 4.98 Å². The van der Waals surface area contributed by atoms with E-state index in [1.54, 1.807) is 12.1 Å². The molecule has 0 unspecified atom stereocenters. The molecule has 1 aliphatic carbocycles. The summed E-state index contributed by atoms with van der Waals surface area (Å²) in [5.74, 6) is -0.622. The zero-order valence-electron chi connectivity index (χ0n) is 11.1. The van der Waals surface area contributed by atoms with Crippen LogP contribution in [-0.4, -0.2) is 16.7 Å². The summed E-state index contributed by atoms with van der Waals surface area (Å²) in [7, 11) is 0. The van der Waals surface area contributed by atoms with E-state index in [4.69, 9.17) is 0 Å². The number of rotatable bonds is 4. The molecular weight excluding hydrogens is 272 g/mol. The standard InChI is InChI=1S/C15H14N2O2S/c1-9-2-4-11(5-3-9)13(18)14(19)17-15-16-12(8-20-15)10-6-7-10/h2-5,8,10H,6-7H2,1H3,(H,16,17,19). The van der Waals surface area contributed by atoms with Crippen LogP contribution in [0.5, 0.6) is 0 Å². The maximum absolute atomic E-state index is 12.0. The average Bonchev–Trinajstić information content (AvgIpc) is 3.20. The largest absolute Gasteiger partial charge is 0.298 e. The molecule has 1 N–H and O–H groups in total. The quantitative estimate of drug-likeness (QED) is 0.694. The summed E-state index contributed by atoms with van der Waals surface area (Å²) >= 11 is 1.37. The lowest BCUT2D eigenvalue weighted by atomic mass is 10.1. The van der Waals surface area contributed by atoms with Crippen LogP contribution >= 0.6 is 11.3 Å². The predicted octanol–water partition coefficient (Wildman–Crippen LogP) is 3.15. The normalized spacial score (nSPS) is 14.1. The molecule has 1 amide bonds. The first-order chi connectivity index (χ1) is 9.63. The Morgan fingerprint density at radius 2 is 1.95 bits per heavy atom. The molecular formula is C15H14N2O2S. The molecule has 1 heterocycles. The van der Waals surface area contributed by atoms with Gasteiger partial charge in [-0.15, -0.1) is 11.3 Å². The molecule has 0 saturated heterocycles. The lowest BCUT2D eigenvalue weighted by molar-refractivity contribution is -0.112. The molecule has 102 valence electrons. The van der Waals surface area contributed by atoms with Gasteiger partial charge in [0.05, 0.1) is 5.69 Å². The molecule has 4 nitrogen and oxygen atoms in total. The molecule has 0 spiro atoms. The van der Waals surface area contributed by atoms with Gasteiger partial charge in [0.25, 0.3) is 11.7 Å². The fourth-order valence-corrected chi connectivity index (χ4v) is 2.69. The van der Waals surface area contributed by atoms with E-state index in [0.29, 0.717) is 16.6 Å². The number of aryl methyl sites for hydroxylation is 1. The first kappa shape index (κ1) is 13.0. The van der Waals surface area contributed by atoms with Crippen LogP contribution in [0.1, 0.15) is 40.4 Å². The molecule has 1 aromatic heterocycles. The second-order valence-electron chi connectivity index (χ2n) is 5.00. The molecule has 1 aromatic carbocycles. The lowest BCUT2D eigenvalue weighted by Gasteiger charge is -2.01. The summed E-state index contributed by atoms with van der Waals surface area (Å²) in [6.45, 7) is 1.93. The predicted molar refractivity (Wildman–Crippen MR) is 78.2 cm³/mol. The number of carbonyl (C=O) groups excluding carboxylic acids is 2. The van der Waals surface area contributed by atoms with Crippen molar-refractivity contribution in [3.63, 3.8) is 0 Å². The highest BCUT2D eigenvalue weighted by Gasteiger charge is 2.26. The van der Waals surface area contributed by atoms with Crippen molar-refractivity contribution in [1.29, 1.82) is 0 Å². The van der Waals surface area contributed by atoms with Gasteiger partial charge in [-0.05, 0) is 19.8 Å². The number of ketones is 1. The molecule has 1 aliphatic rings. The van der Waals surface area contributed by atoms with Crippen molar-refractivity contribution >= 4 is 28.2 Å². The topological polar surface area (TPSA) is 59.1 Å². The van der Waals surface area contributed by atoms with Crippen molar-refractivity contribution in [2.24, 2.45) is 0 Å². The Morgan fingerprint density at radius 3 is 2.60 bits per heavy atom. The summed E-state index contributed by atoms with van der Waals surface area (Å²) in [6.07, 6.45) is 2.33. The van der Waals surface area contributed by atoms with Gasteiger partial charge in [-0.3, -0.25) is 14.9 Å². The summed E-state index contributed by atoms with van der Waals surface area (Å²) in [5, 5.41) is 5.02. The third-order valence-electron chi connectivity index (χ3n) is 3.26. The maximum atomic E-state index is 12.0. The van der Waals surface area contributed by atoms with E-state index in [-0.39, 0.29) is 0 Å². The van der Waals surface area contributed by atoms with Gasteiger partial charge in [0.2, 0.25) is 0 Å². The Morgan fingerprint density at radius 1 is 1.25 bits per heavy atom. The second-order valence-corrected chi connectivity index (χ2v) is 5.86. The number of amides is 1. The Bertz CT molecular complexity index is 657. The van der Waals surface area contributed by atoms with Gasteiger partial charge in [-0.2, -0.15) is 0 Å². The fourth-order valence-electron chi connectivity index (χ4n) is 1.90. The van der Waals surface area contributed by atoms with Gasteiger partial charge >= 0.3 is 0 Å². The highest BCUT2D eigenvalue weighted by atomic mass is 32.1. The highest BCUT2D eigenvalue weighted by Crippen LogP contribution is 2.40. The monoisotopic (exact) mass is 286 g/mol. The number of carbonyl (C=O) groups is 2. The number of hydrogen-bond donors (Lipinski definition) is 1. The average molecular weight is 286 g/mol. The molecule has 1 saturated carbocycles. The lowest BCUT2D eigenvalue weighted by Crippen LogP contribution is -2.22. The van der Waals surface area contributed by atoms with Crippen LogP contribution in [0.3, 0.4) is 0 Å². The second kappa shape index (κ2) is 5.17. The number of thiazole rings is 1. The van der Waals surface area contributed by atoms with Crippen molar-refractivity contribution in [2.75, 3.05) is 5.32 Å². The molecule has 5 heteroatoms. The van der Waals surface area contributed by atoms with Gasteiger partial charge < -0.3 is 0 Å². The van der Waals surface area contributed by atoms with Crippen LogP contribution in [0.25, 0.3) is 0 Å². The molecule has 0 radical (unpaired) electrons. The van der Waals surface area contributed by atoms with Gasteiger partial charge in [0.1, 0.15) is 0 Å². The Kier molecular flexibility index (Phi) is 3.36. The number of benzene rings is 1. The number of Topliss-reactive ketones (excluding diaryl/α,β-unsaturated/α-hetero) is 1. The molecule has 0 bridgehead atoms. The van der Waals surface area contributed by atoms with Crippen LogP contribution in [0.4, 0.5) is 5.13 Å². The summed E-state index contributed by atoms with van der Waals surface area (Å²) in [6, 6.07) is 6.95. The van der Waals surface area contributed by atoms with Crippen LogP contribution in [-0.2, 0) is 4.79 Å². The summed E-state index contributed by atoms with van der Waals surface area (Å²) in [4.78, 5) is 28.2. The third-order valence-corrected chi connectivity index (χ3v) is 4.03. The Labute approximate surface area is 120 Å². The molecule has 2 aromatic rings. The fraction of sp³-hybridized carbons (Fsp3) is 0.267. The van der Waals surface area contributed by atoms with E-state index in [1.807, 2.05) is 24.4 Å². The first-order valence-electron chi connectivity index (χ1n) is 6.51. The zero-order chi connectivity index (χ0) is 14.1. The van der Waals surface area contributed by atoms with Crippen LogP contribution in [0.2, 0.25) is 0 Å². The van der Waals surface area contributed by atoms with Gasteiger partial charge in [0, 0.05) is 16.9 Å². The van der Waals surface area contributed by atoms with Crippen molar-refractivity contribution < 1.29 is 9.59 Å². The van der Waals surface area contributed by atoms with E-state index in [0.717, 1.165) is 11.3 Å². The van der Waals surface area contributed by atoms with Crippen molar-refractivity contribution in [3.05, 3.63) is 46.5 Å². The number of nitrogens with zero attached hydrogens (tertiary/aromatic N) is 1. The zero-order valence-corrected chi connectivity index (χ0v) is 11.9. The first-order valence-corrected chi connectivity index (χ1v) is 7.39.